The van der Waals surface area contributed by atoms with Gasteiger partial charge >= 0.3 is 0 Å². The number of methoxy groups -OCH3 is 1. The van der Waals surface area contributed by atoms with E-state index in [1.54, 1.807) is 7.11 Å². The van der Waals surface area contributed by atoms with Gasteiger partial charge in [0, 0.05) is 40.4 Å². The van der Waals surface area contributed by atoms with Crippen LogP contribution in [0.15, 0.2) is 109 Å². The molecule has 4 aromatic carbocycles. The Morgan fingerprint density at radius 1 is 0.733 bits per heavy atom. The van der Waals surface area contributed by atoms with Crippen molar-refractivity contribution >= 4 is 21.8 Å². The first kappa shape index (κ1) is 28.4. The highest BCUT2D eigenvalue weighted by atomic mass is 16.5. The van der Waals surface area contributed by atoms with Crippen LogP contribution in [0.1, 0.15) is 36.7 Å². The van der Waals surface area contributed by atoms with Crippen LogP contribution in [0.4, 0.5) is 0 Å². The third kappa shape index (κ3) is 5.33. The van der Waals surface area contributed by atoms with Crippen LogP contribution in [0.5, 0.6) is 17.2 Å². The molecular formula is C39H36N4O2. The van der Waals surface area contributed by atoms with Gasteiger partial charge in [0.1, 0.15) is 23.1 Å². The van der Waals surface area contributed by atoms with Gasteiger partial charge in [-0.2, -0.15) is 5.10 Å². The lowest BCUT2D eigenvalue weighted by molar-refractivity contribution is 0.415. The maximum Gasteiger partial charge on any atom is 0.137 e. The molecule has 7 rings (SSSR count). The van der Waals surface area contributed by atoms with E-state index >= 15 is 0 Å². The number of benzene rings is 4. The van der Waals surface area contributed by atoms with Crippen LogP contribution in [0, 0.1) is 13.8 Å². The Bertz CT molecular complexity index is 2140. The highest BCUT2D eigenvalue weighted by Gasteiger charge is 2.17. The molecule has 0 atom stereocenters. The summed E-state index contributed by atoms with van der Waals surface area (Å²) in [5, 5.41) is 7.12. The normalized spacial score (nSPS) is 11.4. The third-order valence-corrected chi connectivity index (χ3v) is 8.45. The van der Waals surface area contributed by atoms with Crippen molar-refractivity contribution in [3.05, 3.63) is 126 Å². The first-order valence-corrected chi connectivity index (χ1v) is 15.5. The summed E-state index contributed by atoms with van der Waals surface area (Å²) in [7, 11) is 1.70. The van der Waals surface area contributed by atoms with Crippen LogP contribution in [0.3, 0.4) is 0 Å². The van der Waals surface area contributed by atoms with Gasteiger partial charge in [-0.25, -0.2) is 9.67 Å². The van der Waals surface area contributed by atoms with Crippen molar-refractivity contribution in [1.29, 1.82) is 0 Å². The average molecular weight is 593 g/mol. The van der Waals surface area contributed by atoms with Crippen molar-refractivity contribution in [2.75, 3.05) is 7.11 Å². The molecule has 0 N–H and O–H groups in total. The molecule has 0 unspecified atom stereocenters. The lowest BCUT2D eigenvalue weighted by atomic mass is 10.0. The van der Waals surface area contributed by atoms with E-state index < -0.39 is 0 Å². The van der Waals surface area contributed by atoms with E-state index in [9.17, 15) is 0 Å². The van der Waals surface area contributed by atoms with E-state index in [0.717, 1.165) is 92.3 Å². The summed E-state index contributed by atoms with van der Waals surface area (Å²) < 4.78 is 16.3. The molecule has 0 saturated heterocycles. The number of rotatable bonds is 9. The number of aromatic nitrogens is 4. The molecule has 0 spiro atoms. The molecule has 224 valence electrons. The summed E-state index contributed by atoms with van der Waals surface area (Å²) in [5.41, 5.74) is 8.74. The lowest BCUT2D eigenvalue weighted by Gasteiger charge is -2.11. The Morgan fingerprint density at radius 3 is 2.38 bits per heavy atom. The fourth-order valence-electron chi connectivity index (χ4n) is 6.27. The number of ether oxygens (including phenoxy) is 2. The number of nitrogens with zero attached hydrogens (tertiary/aromatic N) is 4. The second-order valence-electron chi connectivity index (χ2n) is 11.4. The molecule has 7 aromatic rings. The van der Waals surface area contributed by atoms with Gasteiger partial charge in [-0.1, -0.05) is 49.7 Å². The minimum absolute atomic E-state index is 0.740. The molecule has 0 radical (unpaired) electrons. The SMILES string of the molecule is CCCCc1ccnc(-n2c3ccc(OC)cc3c3ccc(Oc4cccc(-n5nc(C)c(-c6ccccc6)c5C)c4)cc32)c1. The Morgan fingerprint density at radius 2 is 1.56 bits per heavy atom. The summed E-state index contributed by atoms with van der Waals surface area (Å²) in [4.78, 5) is 4.81. The van der Waals surface area contributed by atoms with Crippen molar-refractivity contribution in [1.82, 2.24) is 19.3 Å². The molecule has 3 aromatic heterocycles. The van der Waals surface area contributed by atoms with E-state index in [1.165, 1.54) is 5.56 Å². The summed E-state index contributed by atoms with van der Waals surface area (Å²) in [6, 6.07) is 35.3. The Balaban J connectivity index is 1.29. The third-order valence-electron chi connectivity index (χ3n) is 8.45. The van der Waals surface area contributed by atoms with Gasteiger partial charge in [-0.3, -0.25) is 4.57 Å². The molecule has 6 nitrogen and oxygen atoms in total. The molecule has 0 aliphatic rings. The minimum atomic E-state index is 0.740. The van der Waals surface area contributed by atoms with Crippen LogP contribution in [0.2, 0.25) is 0 Å². The quantitative estimate of drug-likeness (QED) is 0.167. The fourth-order valence-corrected chi connectivity index (χ4v) is 6.27. The van der Waals surface area contributed by atoms with E-state index in [-0.39, 0.29) is 0 Å². The zero-order valence-electron chi connectivity index (χ0n) is 26.1. The maximum atomic E-state index is 6.52. The Kier molecular flexibility index (Phi) is 7.55. The maximum absolute atomic E-state index is 6.52. The largest absolute Gasteiger partial charge is 0.497 e. The zero-order chi connectivity index (χ0) is 30.9. The van der Waals surface area contributed by atoms with Crippen LogP contribution in [-0.4, -0.2) is 26.4 Å². The first-order valence-electron chi connectivity index (χ1n) is 15.5. The minimum Gasteiger partial charge on any atom is -0.497 e. The van der Waals surface area contributed by atoms with E-state index in [0.29, 0.717) is 0 Å². The molecule has 0 saturated carbocycles. The number of hydrogen-bond donors (Lipinski definition) is 0. The second kappa shape index (κ2) is 12.0. The van der Waals surface area contributed by atoms with Gasteiger partial charge in [-0.05, 0) is 92.4 Å². The molecule has 0 fully saturated rings. The number of pyridine rings is 1. The van der Waals surface area contributed by atoms with Crippen molar-refractivity contribution < 1.29 is 9.47 Å². The molecule has 3 heterocycles. The summed E-state index contributed by atoms with van der Waals surface area (Å²) in [5.74, 6) is 3.20. The van der Waals surface area contributed by atoms with Crippen molar-refractivity contribution in [3.8, 4) is 39.9 Å². The van der Waals surface area contributed by atoms with Crippen molar-refractivity contribution in [2.24, 2.45) is 0 Å². The molecule has 45 heavy (non-hydrogen) atoms. The predicted molar refractivity (Wildman–Crippen MR) is 182 cm³/mol. The van der Waals surface area contributed by atoms with Gasteiger partial charge in [0.25, 0.3) is 0 Å². The number of fused-ring (bicyclic) bond motifs is 3. The molecular weight excluding hydrogens is 556 g/mol. The average Bonchev–Trinajstić information content (AvgIpc) is 3.56. The van der Waals surface area contributed by atoms with E-state index in [2.05, 4.69) is 92.1 Å². The number of hydrogen-bond acceptors (Lipinski definition) is 4. The van der Waals surface area contributed by atoms with Gasteiger partial charge in [0.2, 0.25) is 0 Å². The topological polar surface area (TPSA) is 54.1 Å². The Labute approximate surface area is 263 Å². The Hall–Kier alpha value is -5.36. The van der Waals surface area contributed by atoms with Crippen LogP contribution >= 0.6 is 0 Å². The fraction of sp³-hybridized carbons (Fsp3) is 0.179. The van der Waals surface area contributed by atoms with Crippen molar-refractivity contribution in [3.63, 3.8) is 0 Å². The highest BCUT2D eigenvalue weighted by Crippen LogP contribution is 2.37. The smallest absolute Gasteiger partial charge is 0.137 e. The van der Waals surface area contributed by atoms with Gasteiger partial charge < -0.3 is 9.47 Å². The number of unbranched alkanes of at least 4 members (excludes halogenated alkanes) is 1. The molecule has 0 bridgehead atoms. The van der Waals surface area contributed by atoms with Crippen LogP contribution in [-0.2, 0) is 6.42 Å². The second-order valence-corrected chi connectivity index (χ2v) is 11.4. The van der Waals surface area contributed by atoms with Gasteiger partial charge in [-0.15, -0.1) is 0 Å². The predicted octanol–water partition coefficient (Wildman–Crippen LogP) is 9.79. The summed E-state index contributed by atoms with van der Waals surface area (Å²) >= 11 is 0. The van der Waals surface area contributed by atoms with Crippen LogP contribution in [0.25, 0.3) is 44.4 Å². The van der Waals surface area contributed by atoms with Crippen molar-refractivity contribution in [2.45, 2.75) is 40.0 Å². The molecule has 0 aliphatic carbocycles. The lowest BCUT2D eigenvalue weighted by Crippen LogP contribution is -2.00. The van der Waals surface area contributed by atoms with Crippen LogP contribution < -0.4 is 9.47 Å². The molecule has 0 amide bonds. The summed E-state index contributed by atoms with van der Waals surface area (Å²) in [6.07, 6.45) is 5.25. The summed E-state index contributed by atoms with van der Waals surface area (Å²) in [6.45, 7) is 6.40. The van der Waals surface area contributed by atoms with E-state index in [4.69, 9.17) is 19.6 Å². The first-order chi connectivity index (χ1) is 22.0. The van der Waals surface area contributed by atoms with E-state index in [1.807, 2.05) is 47.3 Å². The monoisotopic (exact) mass is 592 g/mol. The zero-order valence-corrected chi connectivity index (χ0v) is 26.1. The highest BCUT2D eigenvalue weighted by molar-refractivity contribution is 6.10. The van der Waals surface area contributed by atoms with Gasteiger partial charge in [0.15, 0.2) is 0 Å². The number of aryl methyl sites for hydroxylation is 2. The standard InChI is InChI=1S/C39H36N4O2/c1-5-6-11-28-20-21-40-38(22-28)42-36-19-17-31(44-4)24-35(36)34-18-16-33(25-37(34)42)45-32-15-10-14-30(23-32)43-27(3)39(26(2)41-43)29-12-8-7-9-13-29/h7-10,12-25H,5-6,11H2,1-4H3. The molecule has 0 aliphatic heterocycles. The molecule has 6 heteroatoms. The van der Waals surface area contributed by atoms with Gasteiger partial charge in [0.05, 0.1) is 29.5 Å².